The van der Waals surface area contributed by atoms with Crippen molar-refractivity contribution in [3.63, 3.8) is 0 Å². The van der Waals surface area contributed by atoms with Gasteiger partial charge < -0.3 is 10.2 Å². The van der Waals surface area contributed by atoms with Crippen LogP contribution in [0.1, 0.15) is 24.5 Å². The third-order valence-electron chi connectivity index (χ3n) is 6.67. The number of hydrogen-bond acceptors (Lipinski definition) is 4. The van der Waals surface area contributed by atoms with Gasteiger partial charge in [0.1, 0.15) is 12.6 Å². The molecule has 0 fully saturated rings. The number of carbonyl (C=O) groups is 2. The molecule has 0 aliphatic rings. The molecule has 0 spiro atoms. The summed E-state index contributed by atoms with van der Waals surface area (Å²) in [5, 5.41) is 2.95. The molecule has 0 aliphatic carbocycles. The Labute approximate surface area is 242 Å². The lowest BCUT2D eigenvalue weighted by Gasteiger charge is -2.34. The molecule has 7 nitrogen and oxygen atoms in total. The maximum Gasteiger partial charge on any atom is 0.264 e. The predicted molar refractivity (Wildman–Crippen MR) is 162 cm³/mol. The molecular weight excluding hydrogens is 534 g/mol. The van der Waals surface area contributed by atoms with E-state index in [1.807, 2.05) is 67.6 Å². The molecule has 4 aromatic rings. The van der Waals surface area contributed by atoms with Crippen molar-refractivity contribution >= 4 is 27.5 Å². The number of nitrogens with zero attached hydrogens (tertiary/aromatic N) is 2. The fourth-order valence-electron chi connectivity index (χ4n) is 4.54. The van der Waals surface area contributed by atoms with E-state index in [-0.39, 0.29) is 23.8 Å². The van der Waals surface area contributed by atoms with Crippen molar-refractivity contribution in [2.75, 3.05) is 17.4 Å². The van der Waals surface area contributed by atoms with Gasteiger partial charge in [-0.25, -0.2) is 8.42 Å². The topological polar surface area (TPSA) is 86.8 Å². The lowest BCUT2D eigenvalue weighted by atomic mass is 10.0. The van der Waals surface area contributed by atoms with Crippen LogP contribution in [0.25, 0.3) is 0 Å². The van der Waals surface area contributed by atoms with Gasteiger partial charge in [-0.05, 0) is 41.8 Å². The number of anilines is 1. The van der Waals surface area contributed by atoms with E-state index in [2.05, 4.69) is 5.32 Å². The van der Waals surface area contributed by atoms with Crippen molar-refractivity contribution in [1.82, 2.24) is 10.2 Å². The number of carbonyl (C=O) groups excluding carboxylic acids is 2. The van der Waals surface area contributed by atoms with E-state index in [0.717, 1.165) is 21.9 Å². The average molecular weight is 570 g/mol. The smallest absolute Gasteiger partial charge is 0.264 e. The molecule has 1 atom stereocenters. The fraction of sp³-hybridized carbons (Fsp3) is 0.212. The summed E-state index contributed by atoms with van der Waals surface area (Å²) in [5.74, 6) is -0.762. The van der Waals surface area contributed by atoms with Gasteiger partial charge in [0.15, 0.2) is 0 Å². The maximum absolute atomic E-state index is 14.3. The monoisotopic (exact) mass is 569 g/mol. The van der Waals surface area contributed by atoms with Crippen molar-refractivity contribution in [3.05, 3.63) is 132 Å². The highest BCUT2D eigenvalue weighted by atomic mass is 32.2. The Kier molecular flexibility index (Phi) is 10.3. The summed E-state index contributed by atoms with van der Waals surface area (Å²) in [7, 11) is -4.09. The number of hydrogen-bond donors (Lipinski definition) is 1. The van der Waals surface area contributed by atoms with Crippen LogP contribution >= 0.6 is 0 Å². The predicted octanol–water partition coefficient (Wildman–Crippen LogP) is 5.05. The lowest BCUT2D eigenvalue weighted by molar-refractivity contribution is -0.140. The number of amides is 2. The zero-order chi connectivity index (χ0) is 29.1. The van der Waals surface area contributed by atoms with Gasteiger partial charge in [-0.2, -0.15) is 0 Å². The molecule has 0 saturated carbocycles. The molecule has 0 radical (unpaired) electrons. The van der Waals surface area contributed by atoms with Crippen LogP contribution in [0, 0.1) is 0 Å². The van der Waals surface area contributed by atoms with E-state index in [4.69, 9.17) is 0 Å². The molecule has 2 amide bonds. The summed E-state index contributed by atoms with van der Waals surface area (Å²) in [5.41, 5.74) is 2.09. The zero-order valence-electron chi connectivity index (χ0n) is 23.1. The van der Waals surface area contributed by atoms with Gasteiger partial charge in [0.2, 0.25) is 11.8 Å². The van der Waals surface area contributed by atoms with E-state index in [1.165, 1.54) is 17.0 Å². The van der Waals surface area contributed by atoms with E-state index < -0.39 is 28.5 Å². The summed E-state index contributed by atoms with van der Waals surface area (Å²) >= 11 is 0. The Balaban J connectivity index is 1.75. The standard InChI is InChI=1S/C33H35N3O4S/c1-2-23-34-33(38)31(24-27-15-7-3-8-16-27)35(25-28-17-9-4-10-18-28)32(37)26-36(29-19-11-5-12-20-29)41(39,40)30-21-13-6-14-22-30/h3-22,31H,2,23-26H2,1H3,(H,34,38). The summed E-state index contributed by atoms with van der Waals surface area (Å²) in [6.07, 6.45) is 1.03. The third kappa shape index (κ3) is 7.83. The van der Waals surface area contributed by atoms with E-state index in [9.17, 15) is 18.0 Å². The van der Waals surface area contributed by atoms with Crippen LogP contribution in [0.3, 0.4) is 0 Å². The first-order chi connectivity index (χ1) is 19.9. The molecule has 41 heavy (non-hydrogen) atoms. The second kappa shape index (κ2) is 14.3. The second-order valence-corrected chi connectivity index (χ2v) is 11.5. The quantitative estimate of drug-likeness (QED) is 0.244. The molecule has 8 heteroatoms. The Bertz CT molecular complexity index is 1500. The van der Waals surface area contributed by atoms with E-state index in [1.54, 1.807) is 48.5 Å². The molecule has 0 aliphatic heterocycles. The maximum atomic E-state index is 14.3. The van der Waals surface area contributed by atoms with Crippen LogP contribution in [-0.2, 0) is 32.6 Å². The van der Waals surface area contributed by atoms with Gasteiger partial charge in [-0.1, -0.05) is 104 Å². The van der Waals surface area contributed by atoms with Crippen LogP contribution in [0.15, 0.2) is 126 Å². The molecule has 1 unspecified atom stereocenters. The van der Waals surface area contributed by atoms with Gasteiger partial charge in [0.25, 0.3) is 10.0 Å². The Morgan fingerprint density at radius 1 is 0.732 bits per heavy atom. The third-order valence-corrected chi connectivity index (χ3v) is 8.46. The minimum Gasteiger partial charge on any atom is -0.354 e. The number of para-hydroxylation sites is 1. The lowest BCUT2D eigenvalue weighted by Crippen LogP contribution is -2.53. The minimum absolute atomic E-state index is 0.0767. The van der Waals surface area contributed by atoms with Crippen LogP contribution in [0.2, 0.25) is 0 Å². The van der Waals surface area contributed by atoms with E-state index >= 15 is 0 Å². The summed E-state index contributed by atoms with van der Waals surface area (Å²) in [6, 6.07) is 34.7. The second-order valence-electron chi connectivity index (χ2n) is 9.66. The van der Waals surface area contributed by atoms with Crippen LogP contribution in [0.4, 0.5) is 5.69 Å². The zero-order valence-corrected chi connectivity index (χ0v) is 23.9. The SMILES string of the molecule is CCCNC(=O)C(Cc1ccccc1)N(Cc1ccccc1)C(=O)CN(c1ccccc1)S(=O)(=O)c1ccccc1. The molecule has 0 aromatic heterocycles. The Morgan fingerprint density at radius 3 is 1.80 bits per heavy atom. The van der Waals surface area contributed by atoms with Crippen molar-refractivity contribution in [1.29, 1.82) is 0 Å². The summed E-state index contributed by atoms with van der Waals surface area (Å²) < 4.78 is 28.8. The number of rotatable bonds is 13. The first kappa shape index (κ1) is 29.6. The van der Waals surface area contributed by atoms with Crippen molar-refractivity contribution < 1.29 is 18.0 Å². The van der Waals surface area contributed by atoms with Crippen LogP contribution < -0.4 is 9.62 Å². The van der Waals surface area contributed by atoms with Crippen molar-refractivity contribution in [3.8, 4) is 0 Å². The number of nitrogens with one attached hydrogen (secondary N) is 1. The normalized spacial score (nSPS) is 11.8. The first-order valence-corrected chi connectivity index (χ1v) is 15.1. The van der Waals surface area contributed by atoms with Gasteiger partial charge in [-0.3, -0.25) is 13.9 Å². The van der Waals surface area contributed by atoms with Gasteiger partial charge in [-0.15, -0.1) is 0 Å². The highest BCUT2D eigenvalue weighted by molar-refractivity contribution is 7.92. The number of benzene rings is 4. The summed E-state index contributed by atoms with van der Waals surface area (Å²) in [6.45, 7) is 2.10. The molecular formula is C33H35N3O4S. The molecule has 1 N–H and O–H groups in total. The molecule has 4 aromatic carbocycles. The highest BCUT2D eigenvalue weighted by Crippen LogP contribution is 2.24. The average Bonchev–Trinajstić information content (AvgIpc) is 3.02. The van der Waals surface area contributed by atoms with Gasteiger partial charge in [0, 0.05) is 19.5 Å². The largest absolute Gasteiger partial charge is 0.354 e. The van der Waals surface area contributed by atoms with Gasteiger partial charge in [0.05, 0.1) is 10.6 Å². The van der Waals surface area contributed by atoms with E-state index in [0.29, 0.717) is 12.2 Å². The molecule has 0 heterocycles. The Hall–Kier alpha value is -4.43. The van der Waals surface area contributed by atoms with Crippen molar-refractivity contribution in [2.45, 2.75) is 37.2 Å². The fourth-order valence-corrected chi connectivity index (χ4v) is 5.98. The molecule has 4 rings (SSSR count). The van der Waals surface area contributed by atoms with Crippen LogP contribution in [-0.4, -0.2) is 44.3 Å². The first-order valence-electron chi connectivity index (χ1n) is 13.7. The number of sulfonamides is 1. The minimum atomic E-state index is -4.09. The molecule has 0 bridgehead atoms. The highest BCUT2D eigenvalue weighted by Gasteiger charge is 2.34. The van der Waals surface area contributed by atoms with Crippen molar-refractivity contribution in [2.24, 2.45) is 0 Å². The summed E-state index contributed by atoms with van der Waals surface area (Å²) in [4.78, 5) is 29.4. The van der Waals surface area contributed by atoms with Crippen LogP contribution in [0.5, 0.6) is 0 Å². The van der Waals surface area contributed by atoms with Gasteiger partial charge >= 0.3 is 0 Å². The molecule has 0 saturated heterocycles. The molecule has 212 valence electrons. The Morgan fingerprint density at radius 2 is 1.24 bits per heavy atom.